The molecule has 1 saturated heterocycles. The Labute approximate surface area is 288 Å². The molecule has 0 saturated carbocycles. The number of aromatic nitrogens is 1. The van der Waals surface area contributed by atoms with Gasteiger partial charge in [0.25, 0.3) is 0 Å². The number of likely N-dealkylation sites (tertiary alicyclic amines) is 1. The highest BCUT2D eigenvalue weighted by molar-refractivity contribution is 7.16. The van der Waals surface area contributed by atoms with Crippen LogP contribution in [0.25, 0.3) is 21.3 Å². The summed E-state index contributed by atoms with van der Waals surface area (Å²) in [6, 6.07) is 28.5. The second-order valence-corrected chi connectivity index (χ2v) is 12.9. The molecule has 3 amide bonds. The number of hydrogen-bond acceptors (Lipinski definition) is 8. The molecule has 4 aromatic carbocycles. The van der Waals surface area contributed by atoms with Crippen molar-refractivity contribution in [2.24, 2.45) is 0 Å². The quantitative estimate of drug-likeness (QED) is 0.0869. The fraction of sp³-hybridized carbons (Fsp3) is 0.270. The number of thiazole rings is 1. The van der Waals surface area contributed by atoms with Gasteiger partial charge < -0.3 is 35.7 Å². The van der Waals surface area contributed by atoms with Crippen LogP contribution in [-0.4, -0.2) is 65.9 Å². The molecule has 12 heteroatoms. The fourth-order valence-electron chi connectivity index (χ4n) is 5.94. The molecule has 1 aromatic heterocycles. The van der Waals surface area contributed by atoms with Crippen molar-refractivity contribution in [3.8, 4) is 16.9 Å². The predicted molar refractivity (Wildman–Crippen MR) is 194 cm³/mol. The van der Waals surface area contributed by atoms with E-state index in [2.05, 4.69) is 31.2 Å². The Balaban J connectivity index is 0.850. The monoisotopic (exact) mass is 680 g/mol. The molecule has 1 fully saturated rings. The molecule has 6 N–H and O–H groups in total. The first-order valence-electron chi connectivity index (χ1n) is 16.4. The minimum absolute atomic E-state index is 0.0834. The van der Waals surface area contributed by atoms with E-state index in [1.54, 1.807) is 6.07 Å². The lowest BCUT2D eigenvalue weighted by molar-refractivity contribution is 0.0594. The van der Waals surface area contributed by atoms with E-state index in [0.717, 1.165) is 70.6 Å². The Morgan fingerprint density at radius 2 is 1.65 bits per heavy atom. The van der Waals surface area contributed by atoms with Crippen molar-refractivity contribution >= 4 is 45.1 Å². The summed E-state index contributed by atoms with van der Waals surface area (Å²) < 4.78 is 6.53. The van der Waals surface area contributed by atoms with Crippen molar-refractivity contribution in [3.63, 3.8) is 0 Å². The molecule has 1 aliphatic rings. The molecule has 0 unspecified atom stereocenters. The number of carbonyl (C=O) groups excluding carboxylic acids is 2. The van der Waals surface area contributed by atoms with Gasteiger partial charge in [-0.25, -0.2) is 9.59 Å². The molecule has 0 spiro atoms. The van der Waals surface area contributed by atoms with E-state index in [1.165, 1.54) is 0 Å². The maximum Gasteiger partial charge on any atom is 0.411 e. The lowest BCUT2D eigenvalue weighted by Gasteiger charge is -2.31. The third kappa shape index (κ3) is 9.26. The summed E-state index contributed by atoms with van der Waals surface area (Å²) >= 11 is 1.11. The molecule has 0 bridgehead atoms. The normalized spacial score (nSPS) is 13.6. The number of urea groups is 1. The lowest BCUT2D eigenvalue weighted by atomic mass is 10.0. The van der Waals surface area contributed by atoms with Crippen molar-refractivity contribution in [3.05, 3.63) is 112 Å². The van der Waals surface area contributed by atoms with Crippen molar-refractivity contribution in [2.75, 3.05) is 43.4 Å². The number of aromatic hydroxyl groups is 1. The minimum Gasteiger partial charge on any atom is -0.506 e. The summed E-state index contributed by atoms with van der Waals surface area (Å²) in [4.78, 5) is 41.7. The topological polar surface area (TPSA) is 148 Å². The number of phenols is 1. The summed E-state index contributed by atoms with van der Waals surface area (Å²) in [6.45, 7) is 4.14. The molecular weight excluding hydrogens is 641 g/mol. The fourth-order valence-corrected chi connectivity index (χ4v) is 6.83. The smallest absolute Gasteiger partial charge is 0.411 e. The summed E-state index contributed by atoms with van der Waals surface area (Å²) in [6.07, 6.45) is 1.58. The lowest BCUT2D eigenvalue weighted by Crippen LogP contribution is -2.42. The zero-order valence-electron chi connectivity index (χ0n) is 27.0. The van der Waals surface area contributed by atoms with Crippen LogP contribution in [-0.2, 0) is 17.7 Å². The zero-order valence-corrected chi connectivity index (χ0v) is 27.9. The third-order valence-electron chi connectivity index (χ3n) is 8.52. The number of ether oxygens (including phenoxy) is 1. The molecule has 1 aliphatic heterocycles. The number of H-pyrrole nitrogens is 1. The molecule has 0 radical (unpaired) electrons. The Hall–Kier alpha value is -5.17. The van der Waals surface area contributed by atoms with Gasteiger partial charge in [0.15, 0.2) is 0 Å². The minimum atomic E-state index is -0.449. The van der Waals surface area contributed by atoms with E-state index in [4.69, 9.17) is 4.74 Å². The maximum atomic E-state index is 12.7. The number of benzene rings is 4. The van der Waals surface area contributed by atoms with E-state index in [1.807, 2.05) is 84.9 Å². The van der Waals surface area contributed by atoms with Gasteiger partial charge in [0.05, 0.1) is 10.4 Å². The molecular formula is C37H40N6O5S. The average molecular weight is 681 g/mol. The van der Waals surface area contributed by atoms with E-state index in [-0.39, 0.29) is 22.8 Å². The van der Waals surface area contributed by atoms with Crippen molar-refractivity contribution in [1.82, 2.24) is 20.5 Å². The number of piperidine rings is 1. The molecule has 6 rings (SSSR count). The number of anilines is 2. The number of carbonyl (C=O) groups is 2. The van der Waals surface area contributed by atoms with Gasteiger partial charge in [-0.2, -0.15) is 0 Å². The number of phenolic OH excluding ortho intramolecular Hbond substituents is 1. The molecule has 2 heterocycles. The van der Waals surface area contributed by atoms with Crippen molar-refractivity contribution in [2.45, 2.75) is 31.9 Å². The molecule has 11 nitrogen and oxygen atoms in total. The van der Waals surface area contributed by atoms with Gasteiger partial charge in [-0.1, -0.05) is 78.1 Å². The maximum absolute atomic E-state index is 12.7. The number of fused-ring (bicyclic) bond motifs is 1. The van der Waals surface area contributed by atoms with Crippen LogP contribution in [0.15, 0.2) is 95.8 Å². The molecule has 0 atom stereocenters. The third-order valence-corrected chi connectivity index (χ3v) is 9.48. The van der Waals surface area contributed by atoms with Gasteiger partial charge in [-0.3, -0.25) is 10.1 Å². The van der Waals surface area contributed by atoms with Crippen LogP contribution in [0.2, 0.25) is 0 Å². The highest BCUT2D eigenvalue weighted by atomic mass is 32.1. The van der Waals surface area contributed by atoms with Crippen molar-refractivity contribution in [1.29, 1.82) is 0 Å². The number of amides is 3. The van der Waals surface area contributed by atoms with E-state index in [0.29, 0.717) is 43.1 Å². The Morgan fingerprint density at radius 3 is 2.45 bits per heavy atom. The predicted octanol–water partition coefficient (Wildman–Crippen LogP) is 6.13. The highest BCUT2D eigenvalue weighted by Crippen LogP contribution is 2.29. The number of para-hydroxylation sites is 1. The summed E-state index contributed by atoms with van der Waals surface area (Å²) in [7, 11) is 0. The number of aromatic amines is 1. The van der Waals surface area contributed by atoms with Crippen LogP contribution in [0.4, 0.5) is 21.0 Å². The Kier molecular flexibility index (Phi) is 11.2. The van der Waals surface area contributed by atoms with E-state index >= 15 is 0 Å². The molecule has 254 valence electrons. The first-order valence-corrected chi connectivity index (χ1v) is 17.3. The van der Waals surface area contributed by atoms with Gasteiger partial charge in [0, 0.05) is 44.0 Å². The van der Waals surface area contributed by atoms with Crippen LogP contribution < -0.4 is 26.1 Å². The Morgan fingerprint density at radius 1 is 0.898 bits per heavy atom. The molecule has 0 aliphatic carbocycles. The standard InChI is InChI=1S/C37H40N6O5S/c44-32-15-12-27(34-33(32)42-37(47)49-34)16-19-38-24-25-10-13-28(14-11-25)40-35(45)39-20-23-43-21-17-29(18-22-43)48-36(46)41-31-9-5-4-8-30(31)26-6-2-1-3-7-26/h1-15,29,38,44H,16-24H2,(H,41,46)(H,42,47)(H2,39,40,45). The van der Waals surface area contributed by atoms with Crippen LogP contribution in [0.5, 0.6) is 5.75 Å². The van der Waals surface area contributed by atoms with Gasteiger partial charge >= 0.3 is 17.0 Å². The van der Waals surface area contributed by atoms with Crippen LogP contribution >= 0.6 is 11.3 Å². The number of nitrogens with zero attached hydrogens (tertiary/aromatic N) is 1. The van der Waals surface area contributed by atoms with Gasteiger partial charge in [0.1, 0.15) is 17.4 Å². The zero-order chi connectivity index (χ0) is 34.0. The Bertz CT molecular complexity index is 1920. The van der Waals surface area contributed by atoms with Crippen LogP contribution in [0, 0.1) is 0 Å². The summed E-state index contributed by atoms with van der Waals surface area (Å²) in [5, 5.41) is 22.1. The van der Waals surface area contributed by atoms with Crippen LogP contribution in [0.3, 0.4) is 0 Å². The van der Waals surface area contributed by atoms with Crippen molar-refractivity contribution < 1.29 is 19.4 Å². The highest BCUT2D eigenvalue weighted by Gasteiger charge is 2.23. The SMILES string of the molecule is O=C(NCCN1CCC(OC(=O)Nc2ccccc2-c2ccccc2)CC1)Nc1ccc(CNCCc2ccc(O)c3[nH]c(=O)sc23)cc1. The van der Waals surface area contributed by atoms with Gasteiger partial charge in [-0.15, -0.1) is 0 Å². The second kappa shape index (κ2) is 16.3. The number of rotatable bonds is 12. The molecule has 49 heavy (non-hydrogen) atoms. The first-order chi connectivity index (χ1) is 23.9. The number of nitrogens with one attached hydrogen (secondary N) is 5. The van der Waals surface area contributed by atoms with E-state index < -0.39 is 6.09 Å². The largest absolute Gasteiger partial charge is 0.506 e. The van der Waals surface area contributed by atoms with Gasteiger partial charge in [0.2, 0.25) is 0 Å². The summed E-state index contributed by atoms with van der Waals surface area (Å²) in [5.74, 6) is 0.0834. The first kappa shape index (κ1) is 33.7. The average Bonchev–Trinajstić information content (AvgIpc) is 3.52. The van der Waals surface area contributed by atoms with Crippen LogP contribution in [0.1, 0.15) is 24.0 Å². The molecule has 5 aromatic rings. The second-order valence-electron chi connectivity index (χ2n) is 11.9. The summed E-state index contributed by atoms with van der Waals surface area (Å²) in [5.41, 5.74) is 5.97. The van der Waals surface area contributed by atoms with Gasteiger partial charge in [-0.05, 0) is 66.8 Å². The number of hydrogen-bond donors (Lipinski definition) is 6. The van der Waals surface area contributed by atoms with E-state index in [9.17, 15) is 19.5 Å².